The van der Waals surface area contributed by atoms with Gasteiger partial charge in [0.15, 0.2) is 5.69 Å². The van der Waals surface area contributed by atoms with Crippen molar-refractivity contribution in [3.05, 3.63) is 87.7 Å². The van der Waals surface area contributed by atoms with Crippen molar-refractivity contribution in [1.82, 2.24) is 19.4 Å². The Morgan fingerprint density at radius 3 is 2.34 bits per heavy atom. The summed E-state index contributed by atoms with van der Waals surface area (Å²) >= 11 is 1.09. The van der Waals surface area contributed by atoms with Crippen LogP contribution in [-0.4, -0.2) is 42.5 Å². The fourth-order valence-electron chi connectivity index (χ4n) is 3.12. The number of hydrogen-bond acceptors (Lipinski definition) is 6. The molecule has 0 unspecified atom stereocenters. The van der Waals surface area contributed by atoms with E-state index in [2.05, 4.69) is 10.4 Å². The fourth-order valence-corrected chi connectivity index (χ4v) is 5.59. The number of fused-ring (bicyclic) bond motifs is 1. The molecule has 10 heteroatoms. The summed E-state index contributed by atoms with van der Waals surface area (Å²) in [6.07, 6.45) is 0. The molecule has 32 heavy (non-hydrogen) atoms. The maximum absolute atomic E-state index is 13.0. The highest BCUT2D eigenvalue weighted by Crippen LogP contribution is 2.24. The van der Waals surface area contributed by atoms with Crippen molar-refractivity contribution >= 4 is 38.0 Å². The second-order valence-corrected chi connectivity index (χ2v) is 10.7. The molecule has 0 aliphatic carbocycles. The van der Waals surface area contributed by atoms with Crippen LogP contribution in [0.1, 0.15) is 15.4 Å². The number of thiophene rings is 1. The maximum Gasteiger partial charge on any atom is 0.279 e. The van der Waals surface area contributed by atoms with E-state index in [4.69, 9.17) is 0 Å². The Kier molecular flexibility index (Phi) is 5.92. The number of hydrogen-bond donors (Lipinski definition) is 1. The van der Waals surface area contributed by atoms with Gasteiger partial charge in [-0.05, 0) is 30.3 Å². The van der Waals surface area contributed by atoms with E-state index in [9.17, 15) is 18.0 Å². The summed E-state index contributed by atoms with van der Waals surface area (Å²) in [5.74, 6) is -0.462. The largest absolute Gasteiger partial charge is 0.346 e. The molecule has 0 atom stereocenters. The van der Waals surface area contributed by atoms with Crippen LogP contribution >= 0.6 is 11.3 Å². The highest BCUT2D eigenvalue weighted by Gasteiger charge is 2.21. The average molecular weight is 469 g/mol. The number of carbonyl (C=O) groups is 1. The summed E-state index contributed by atoms with van der Waals surface area (Å²) in [6, 6.07) is 18.9. The van der Waals surface area contributed by atoms with E-state index in [-0.39, 0.29) is 22.0 Å². The van der Waals surface area contributed by atoms with Crippen LogP contribution in [0.5, 0.6) is 0 Å². The van der Waals surface area contributed by atoms with E-state index in [1.54, 1.807) is 54.6 Å². The second-order valence-electron chi connectivity index (χ2n) is 7.14. The van der Waals surface area contributed by atoms with Crippen LogP contribution in [-0.2, 0) is 16.6 Å². The van der Waals surface area contributed by atoms with Crippen LogP contribution in [0.25, 0.3) is 16.5 Å². The maximum atomic E-state index is 13.0. The fraction of sp³-hybridized carbons (Fsp3) is 0.136. The van der Waals surface area contributed by atoms with Gasteiger partial charge in [-0.3, -0.25) is 9.59 Å². The van der Waals surface area contributed by atoms with Crippen molar-refractivity contribution in [3.63, 3.8) is 0 Å². The van der Waals surface area contributed by atoms with Gasteiger partial charge in [-0.2, -0.15) is 9.78 Å². The number of benzene rings is 2. The van der Waals surface area contributed by atoms with E-state index in [0.29, 0.717) is 21.3 Å². The molecule has 0 spiro atoms. The molecule has 0 fully saturated rings. The second kappa shape index (κ2) is 8.65. The zero-order valence-electron chi connectivity index (χ0n) is 17.3. The quantitative estimate of drug-likeness (QED) is 0.469. The van der Waals surface area contributed by atoms with E-state index < -0.39 is 15.9 Å². The molecule has 4 rings (SSSR count). The standard InChI is InChI=1S/C22H20N4O4S2/c1-25(2)32(29,30)19-13-12-16(31-19)14-23-21(27)20-17-10-6-7-11-18(17)22(28)26(24-20)15-8-4-3-5-9-15/h3-13H,14H2,1-2H3,(H,23,27). The first-order chi connectivity index (χ1) is 15.3. The van der Waals surface area contributed by atoms with Crippen LogP contribution < -0.4 is 10.9 Å². The Morgan fingerprint density at radius 1 is 1.00 bits per heavy atom. The zero-order chi connectivity index (χ0) is 22.9. The summed E-state index contributed by atoms with van der Waals surface area (Å²) in [5, 5.41) is 7.96. The van der Waals surface area contributed by atoms with Crippen molar-refractivity contribution in [2.24, 2.45) is 0 Å². The minimum absolute atomic E-state index is 0.113. The van der Waals surface area contributed by atoms with Crippen LogP contribution in [0.2, 0.25) is 0 Å². The van der Waals surface area contributed by atoms with Gasteiger partial charge in [0, 0.05) is 24.4 Å². The summed E-state index contributed by atoms with van der Waals surface area (Å²) in [5.41, 5.74) is 0.344. The third kappa shape index (κ3) is 4.07. The van der Waals surface area contributed by atoms with Crippen LogP contribution in [0.4, 0.5) is 0 Å². The zero-order valence-corrected chi connectivity index (χ0v) is 19.0. The normalized spacial score (nSPS) is 11.7. The molecular formula is C22H20N4O4S2. The molecular weight excluding hydrogens is 448 g/mol. The van der Waals surface area contributed by atoms with Crippen molar-refractivity contribution in [2.75, 3.05) is 14.1 Å². The lowest BCUT2D eigenvalue weighted by Gasteiger charge is -2.11. The SMILES string of the molecule is CN(C)S(=O)(=O)c1ccc(CNC(=O)c2nn(-c3ccccc3)c(=O)c3ccccc23)s1. The van der Waals surface area contributed by atoms with Gasteiger partial charge >= 0.3 is 0 Å². The first-order valence-corrected chi connectivity index (χ1v) is 11.9. The van der Waals surface area contributed by atoms with E-state index in [0.717, 1.165) is 15.6 Å². The molecule has 0 saturated heterocycles. The molecule has 8 nitrogen and oxygen atoms in total. The average Bonchev–Trinajstić information content (AvgIpc) is 3.28. The smallest absolute Gasteiger partial charge is 0.279 e. The Balaban J connectivity index is 1.67. The molecule has 2 aromatic carbocycles. The lowest BCUT2D eigenvalue weighted by atomic mass is 10.1. The topological polar surface area (TPSA) is 101 Å². The van der Waals surface area contributed by atoms with E-state index in [1.165, 1.54) is 24.8 Å². The van der Waals surface area contributed by atoms with Gasteiger partial charge in [0.1, 0.15) is 4.21 Å². The number of carbonyl (C=O) groups excluding carboxylic acids is 1. The number of amides is 1. The van der Waals surface area contributed by atoms with Gasteiger partial charge in [0.05, 0.1) is 17.6 Å². The molecule has 0 aliphatic heterocycles. The highest BCUT2D eigenvalue weighted by molar-refractivity contribution is 7.91. The van der Waals surface area contributed by atoms with Gasteiger partial charge in [-0.1, -0.05) is 36.4 Å². The molecule has 1 amide bonds. The molecule has 0 bridgehead atoms. The summed E-state index contributed by atoms with van der Waals surface area (Å²) in [6.45, 7) is 0.132. The number of sulfonamides is 1. The molecule has 0 radical (unpaired) electrons. The highest BCUT2D eigenvalue weighted by atomic mass is 32.2. The predicted molar refractivity (Wildman–Crippen MR) is 124 cm³/mol. The predicted octanol–water partition coefficient (Wildman–Crippen LogP) is 2.63. The third-order valence-electron chi connectivity index (χ3n) is 4.82. The van der Waals surface area contributed by atoms with Crippen molar-refractivity contribution < 1.29 is 13.2 Å². The van der Waals surface area contributed by atoms with Crippen molar-refractivity contribution in [3.8, 4) is 5.69 Å². The number of nitrogens with zero attached hydrogens (tertiary/aromatic N) is 3. The summed E-state index contributed by atoms with van der Waals surface area (Å²) in [4.78, 5) is 26.7. The lowest BCUT2D eigenvalue weighted by molar-refractivity contribution is 0.0946. The monoisotopic (exact) mass is 468 g/mol. The van der Waals surface area contributed by atoms with Crippen LogP contribution in [0.3, 0.4) is 0 Å². The van der Waals surface area contributed by atoms with E-state index in [1.807, 2.05) is 6.07 Å². The summed E-state index contributed by atoms with van der Waals surface area (Å²) < 4.78 is 27.1. The van der Waals surface area contributed by atoms with Gasteiger partial charge in [0.25, 0.3) is 21.5 Å². The molecule has 4 aromatic rings. The minimum Gasteiger partial charge on any atom is -0.346 e. The minimum atomic E-state index is -3.53. The van der Waals surface area contributed by atoms with Gasteiger partial charge in [-0.25, -0.2) is 12.7 Å². The van der Waals surface area contributed by atoms with Crippen LogP contribution in [0, 0.1) is 0 Å². The van der Waals surface area contributed by atoms with Crippen molar-refractivity contribution in [1.29, 1.82) is 0 Å². The first-order valence-electron chi connectivity index (χ1n) is 9.66. The molecule has 2 aromatic heterocycles. The van der Waals surface area contributed by atoms with Crippen molar-refractivity contribution in [2.45, 2.75) is 10.8 Å². The molecule has 2 heterocycles. The Morgan fingerprint density at radius 2 is 1.66 bits per heavy atom. The molecule has 164 valence electrons. The van der Waals surface area contributed by atoms with E-state index >= 15 is 0 Å². The molecule has 1 N–H and O–H groups in total. The first kappa shape index (κ1) is 21.9. The Labute approximate surface area is 188 Å². The van der Waals surface area contributed by atoms with Gasteiger partial charge in [-0.15, -0.1) is 11.3 Å². The molecule has 0 saturated carbocycles. The molecule has 0 aliphatic rings. The number of para-hydroxylation sites is 1. The number of rotatable bonds is 6. The van der Waals surface area contributed by atoms with Crippen LogP contribution in [0.15, 0.2) is 75.7 Å². The Hall–Kier alpha value is -3.34. The van der Waals surface area contributed by atoms with Gasteiger partial charge in [0.2, 0.25) is 0 Å². The van der Waals surface area contributed by atoms with Gasteiger partial charge < -0.3 is 5.32 Å². The third-order valence-corrected chi connectivity index (χ3v) is 8.18. The lowest BCUT2D eigenvalue weighted by Crippen LogP contribution is -2.29. The Bertz CT molecular complexity index is 1460. The number of aromatic nitrogens is 2. The number of nitrogens with one attached hydrogen (secondary N) is 1. The summed E-state index contributed by atoms with van der Waals surface area (Å²) in [7, 11) is -0.593.